The Kier molecular flexibility index (Phi) is 8.47. The van der Waals surface area contributed by atoms with Crippen molar-refractivity contribution in [2.75, 3.05) is 0 Å². The van der Waals surface area contributed by atoms with Gasteiger partial charge >= 0.3 is 5.97 Å². The average Bonchev–Trinajstić information content (AvgIpc) is 3.19. The lowest BCUT2D eigenvalue weighted by molar-refractivity contribution is -0.159. The van der Waals surface area contributed by atoms with E-state index < -0.39 is 40.2 Å². The molecule has 6 nitrogen and oxygen atoms in total. The first kappa shape index (κ1) is 27.0. The van der Waals surface area contributed by atoms with Crippen LogP contribution in [0, 0.1) is 18.8 Å². The maximum atomic E-state index is 13.5. The molecule has 0 aliphatic heterocycles. The highest BCUT2D eigenvalue weighted by molar-refractivity contribution is 7.89. The molecule has 196 valence electrons. The van der Waals surface area contributed by atoms with Crippen LogP contribution in [0.4, 0.5) is 0 Å². The Morgan fingerprint density at radius 1 is 1.00 bits per heavy atom. The van der Waals surface area contributed by atoms with E-state index in [1.165, 1.54) is 0 Å². The summed E-state index contributed by atoms with van der Waals surface area (Å²) in [6.07, 6.45) is -0.413. The molecule has 37 heavy (non-hydrogen) atoms. The van der Waals surface area contributed by atoms with Crippen LogP contribution in [0.3, 0.4) is 0 Å². The van der Waals surface area contributed by atoms with Crippen molar-refractivity contribution in [1.29, 1.82) is 0 Å². The third-order valence-corrected chi connectivity index (χ3v) is 8.30. The van der Waals surface area contributed by atoms with Gasteiger partial charge in [-0.05, 0) is 54.5 Å². The minimum atomic E-state index is -3.86. The molecule has 0 bridgehead atoms. The molecule has 4 atom stereocenters. The Morgan fingerprint density at radius 3 is 2.32 bits per heavy atom. The number of benzene rings is 3. The van der Waals surface area contributed by atoms with E-state index in [1.54, 1.807) is 24.3 Å². The number of aryl methyl sites for hydroxylation is 1. The third kappa shape index (κ3) is 6.66. The van der Waals surface area contributed by atoms with Gasteiger partial charge in [-0.2, -0.15) is 4.72 Å². The Labute approximate surface area is 219 Å². The number of sulfonamides is 1. The second-order valence-electron chi connectivity index (χ2n) is 10.3. The largest absolute Gasteiger partial charge is 0.460 e. The van der Waals surface area contributed by atoms with Crippen LogP contribution in [0.15, 0.2) is 83.8 Å². The molecule has 0 aromatic heterocycles. The molecule has 0 radical (unpaired) electrons. The fraction of sp³-hybridized carbons (Fsp3) is 0.367. The highest BCUT2D eigenvalue weighted by atomic mass is 32.2. The number of carbonyl (C=O) groups excluding carboxylic acids is 1. The van der Waals surface area contributed by atoms with E-state index in [0.717, 1.165) is 22.3 Å². The van der Waals surface area contributed by atoms with E-state index in [4.69, 9.17) is 4.74 Å². The predicted molar refractivity (Wildman–Crippen MR) is 143 cm³/mol. The number of aliphatic hydroxyl groups is 1. The fourth-order valence-corrected chi connectivity index (χ4v) is 6.13. The molecule has 4 rings (SSSR count). The number of hydrogen-bond donors (Lipinski definition) is 2. The maximum absolute atomic E-state index is 13.5. The average molecular weight is 522 g/mol. The quantitative estimate of drug-likeness (QED) is 0.376. The Hall–Kier alpha value is -3.00. The summed E-state index contributed by atoms with van der Waals surface area (Å²) in [4.78, 5) is 13.7. The second kappa shape index (κ2) is 11.6. The lowest BCUT2D eigenvalue weighted by Crippen LogP contribution is -2.40. The molecule has 0 fully saturated rings. The van der Waals surface area contributed by atoms with Gasteiger partial charge in [-0.3, -0.25) is 4.79 Å². The van der Waals surface area contributed by atoms with E-state index >= 15 is 0 Å². The van der Waals surface area contributed by atoms with Crippen molar-refractivity contribution in [3.63, 3.8) is 0 Å². The van der Waals surface area contributed by atoms with Gasteiger partial charge in [0.05, 0.1) is 23.0 Å². The monoisotopic (exact) mass is 521 g/mol. The molecule has 0 saturated carbocycles. The number of esters is 1. The van der Waals surface area contributed by atoms with E-state index in [2.05, 4.69) is 4.72 Å². The molecule has 0 saturated heterocycles. The number of hydrogen-bond acceptors (Lipinski definition) is 5. The minimum absolute atomic E-state index is 0.155. The van der Waals surface area contributed by atoms with E-state index in [1.807, 2.05) is 75.4 Å². The molecule has 0 unspecified atom stereocenters. The molecule has 1 aliphatic rings. The van der Waals surface area contributed by atoms with Crippen LogP contribution in [0.1, 0.15) is 48.6 Å². The molecular weight excluding hydrogens is 486 g/mol. The topological polar surface area (TPSA) is 92.7 Å². The number of ether oxygens (including phenoxy) is 1. The van der Waals surface area contributed by atoms with Crippen LogP contribution in [0.5, 0.6) is 0 Å². The summed E-state index contributed by atoms with van der Waals surface area (Å²) in [5.74, 6) is -1.08. The van der Waals surface area contributed by atoms with Gasteiger partial charge in [0.2, 0.25) is 10.0 Å². The van der Waals surface area contributed by atoms with E-state index in [0.29, 0.717) is 19.3 Å². The summed E-state index contributed by atoms with van der Waals surface area (Å²) in [7, 11) is -3.86. The lowest BCUT2D eigenvalue weighted by atomic mass is 9.89. The molecule has 0 spiro atoms. The van der Waals surface area contributed by atoms with Gasteiger partial charge < -0.3 is 9.84 Å². The van der Waals surface area contributed by atoms with Crippen LogP contribution < -0.4 is 4.72 Å². The van der Waals surface area contributed by atoms with Crippen LogP contribution in [0.2, 0.25) is 0 Å². The summed E-state index contributed by atoms with van der Waals surface area (Å²) in [6, 6.07) is 23.0. The molecule has 3 aromatic rings. The Balaban J connectivity index is 1.59. The summed E-state index contributed by atoms with van der Waals surface area (Å²) in [5.41, 5.74) is 3.61. The predicted octanol–water partition coefficient (Wildman–Crippen LogP) is 4.75. The second-order valence-corrected chi connectivity index (χ2v) is 12.0. The zero-order valence-electron chi connectivity index (χ0n) is 21.5. The molecule has 0 heterocycles. The van der Waals surface area contributed by atoms with Crippen molar-refractivity contribution in [3.8, 4) is 0 Å². The van der Waals surface area contributed by atoms with Gasteiger partial charge in [0.1, 0.15) is 6.10 Å². The van der Waals surface area contributed by atoms with E-state index in [-0.39, 0.29) is 10.8 Å². The fourth-order valence-electron chi connectivity index (χ4n) is 4.89. The molecule has 0 amide bonds. The van der Waals surface area contributed by atoms with Crippen LogP contribution in [-0.2, 0) is 32.4 Å². The zero-order chi connectivity index (χ0) is 26.6. The van der Waals surface area contributed by atoms with E-state index in [9.17, 15) is 18.3 Å². The van der Waals surface area contributed by atoms with Gasteiger partial charge in [-0.25, -0.2) is 8.42 Å². The van der Waals surface area contributed by atoms with Gasteiger partial charge in [-0.1, -0.05) is 86.1 Å². The number of aliphatic hydroxyl groups excluding tert-OH is 1. The SMILES string of the molecule is Cc1ccc(S(=O)(=O)N[C@H]2c3ccccc3C[C@H]2OC(=O)[C@@H](Cc2ccccc2)[C@H](O)CC(C)C)cc1. The van der Waals surface area contributed by atoms with Gasteiger partial charge in [-0.15, -0.1) is 0 Å². The van der Waals surface area contributed by atoms with Crippen molar-refractivity contribution in [3.05, 3.63) is 101 Å². The normalized spacial score (nSPS) is 18.8. The molecule has 1 aliphatic carbocycles. The molecule has 2 N–H and O–H groups in total. The summed E-state index contributed by atoms with van der Waals surface area (Å²) >= 11 is 0. The molecule has 7 heteroatoms. The Morgan fingerprint density at radius 2 is 1.65 bits per heavy atom. The van der Waals surface area contributed by atoms with Gasteiger partial charge in [0.15, 0.2) is 0 Å². The molecular formula is C30H35NO5S. The first-order chi connectivity index (χ1) is 17.6. The van der Waals surface area contributed by atoms with Crippen molar-refractivity contribution < 1.29 is 23.1 Å². The van der Waals surface area contributed by atoms with Crippen molar-refractivity contribution in [2.45, 2.75) is 63.2 Å². The number of nitrogens with one attached hydrogen (secondary N) is 1. The van der Waals surface area contributed by atoms with Crippen molar-refractivity contribution in [1.82, 2.24) is 4.72 Å². The summed E-state index contributed by atoms with van der Waals surface area (Å²) in [6.45, 7) is 5.89. The summed E-state index contributed by atoms with van der Waals surface area (Å²) < 4.78 is 35.3. The van der Waals surface area contributed by atoms with Crippen LogP contribution >= 0.6 is 0 Å². The number of fused-ring (bicyclic) bond motifs is 1. The van der Waals surface area contributed by atoms with Crippen LogP contribution in [-0.4, -0.2) is 31.7 Å². The number of carbonyl (C=O) groups is 1. The maximum Gasteiger partial charge on any atom is 0.312 e. The first-order valence-corrected chi connectivity index (χ1v) is 14.2. The lowest BCUT2D eigenvalue weighted by Gasteiger charge is -2.27. The highest BCUT2D eigenvalue weighted by Crippen LogP contribution is 2.35. The van der Waals surface area contributed by atoms with Gasteiger partial charge in [0, 0.05) is 6.42 Å². The first-order valence-electron chi connectivity index (χ1n) is 12.7. The highest BCUT2D eigenvalue weighted by Gasteiger charge is 2.40. The van der Waals surface area contributed by atoms with Crippen molar-refractivity contribution >= 4 is 16.0 Å². The smallest absolute Gasteiger partial charge is 0.312 e. The van der Waals surface area contributed by atoms with Crippen LogP contribution in [0.25, 0.3) is 0 Å². The minimum Gasteiger partial charge on any atom is -0.460 e. The molecule has 3 aromatic carbocycles. The third-order valence-electron chi connectivity index (χ3n) is 6.84. The van der Waals surface area contributed by atoms with Gasteiger partial charge in [0.25, 0.3) is 0 Å². The summed E-state index contributed by atoms with van der Waals surface area (Å²) in [5, 5.41) is 11.0. The standard InChI is InChI=1S/C30H35NO5S/c1-20(2)17-27(32)26(18-22-9-5-4-6-10-22)30(33)36-28-19-23-11-7-8-12-25(23)29(28)31-37(34,35)24-15-13-21(3)14-16-24/h4-16,20,26-29,31-32H,17-19H2,1-3H3/t26-,27+,28+,29-/m0/s1. The Bertz CT molecular complexity index is 1310. The van der Waals surface area contributed by atoms with Crippen molar-refractivity contribution in [2.24, 2.45) is 11.8 Å². The zero-order valence-corrected chi connectivity index (χ0v) is 22.3. The number of rotatable bonds is 10.